The smallest absolute Gasteiger partial charge is 0.338 e. The number of nitrogens with zero attached hydrogens (tertiary/aromatic N) is 2. The summed E-state index contributed by atoms with van der Waals surface area (Å²) in [5.41, 5.74) is 2.00. The van der Waals surface area contributed by atoms with E-state index < -0.39 is 0 Å². The molecule has 3 rings (SSSR count). The minimum atomic E-state index is -0.367. The van der Waals surface area contributed by atoms with Crippen molar-refractivity contribution in [2.24, 2.45) is 4.99 Å². The molecule has 156 valence electrons. The van der Waals surface area contributed by atoms with E-state index in [1.165, 1.54) is 16.7 Å². The molecule has 1 saturated heterocycles. The van der Waals surface area contributed by atoms with Crippen LogP contribution in [0.5, 0.6) is 5.75 Å². The largest absolute Gasteiger partial charge is 0.491 e. The van der Waals surface area contributed by atoms with Crippen molar-refractivity contribution in [3.63, 3.8) is 0 Å². The summed E-state index contributed by atoms with van der Waals surface area (Å²) in [6.45, 7) is 6.03. The molecule has 1 fully saturated rings. The number of aliphatic imine (C=N–C) groups is 1. The van der Waals surface area contributed by atoms with Gasteiger partial charge in [0.1, 0.15) is 5.75 Å². The Morgan fingerprint density at radius 3 is 2.60 bits per heavy atom. The van der Waals surface area contributed by atoms with E-state index in [1.54, 1.807) is 38.2 Å². The van der Waals surface area contributed by atoms with Crippen LogP contribution in [-0.4, -0.2) is 41.7 Å². The van der Waals surface area contributed by atoms with Gasteiger partial charge in [0.25, 0.3) is 5.91 Å². The Kier molecular flexibility index (Phi) is 6.95. The first-order valence-electron chi connectivity index (χ1n) is 9.67. The number of likely N-dealkylation sites (N-methyl/N-ethyl adjacent to an activating group) is 1. The second kappa shape index (κ2) is 9.63. The van der Waals surface area contributed by atoms with Crippen LogP contribution in [0.4, 0.5) is 5.69 Å². The first-order chi connectivity index (χ1) is 14.4. The molecule has 2 aromatic carbocycles. The quantitative estimate of drug-likeness (QED) is 0.488. The third-order valence-electron chi connectivity index (χ3n) is 4.13. The third-order valence-corrected chi connectivity index (χ3v) is 5.19. The number of hydrogen-bond acceptors (Lipinski definition) is 6. The molecule has 30 heavy (non-hydrogen) atoms. The van der Waals surface area contributed by atoms with Crippen LogP contribution in [0.1, 0.15) is 36.7 Å². The average Bonchev–Trinajstić information content (AvgIpc) is 2.96. The van der Waals surface area contributed by atoms with E-state index >= 15 is 0 Å². The number of carbonyl (C=O) groups excluding carboxylic acids is 2. The number of amides is 1. The summed E-state index contributed by atoms with van der Waals surface area (Å²) in [4.78, 5) is 31.1. The molecular weight excluding hydrogens is 400 g/mol. The van der Waals surface area contributed by atoms with Gasteiger partial charge in [-0.3, -0.25) is 9.69 Å². The van der Waals surface area contributed by atoms with E-state index in [0.29, 0.717) is 27.9 Å². The summed E-state index contributed by atoms with van der Waals surface area (Å²) in [7, 11) is 1.69. The highest BCUT2D eigenvalue weighted by molar-refractivity contribution is 8.18. The molecule has 1 heterocycles. The zero-order valence-corrected chi connectivity index (χ0v) is 18.2. The minimum absolute atomic E-state index is 0.0791. The number of carbonyl (C=O) groups is 2. The number of rotatable bonds is 6. The number of thioether (sulfide) groups is 1. The van der Waals surface area contributed by atoms with E-state index in [4.69, 9.17) is 9.47 Å². The second-order valence-corrected chi connectivity index (χ2v) is 7.88. The fraction of sp³-hybridized carbons (Fsp3) is 0.261. The Morgan fingerprint density at radius 2 is 1.93 bits per heavy atom. The molecule has 0 unspecified atom stereocenters. The maximum absolute atomic E-state index is 12.7. The third kappa shape index (κ3) is 5.30. The lowest BCUT2D eigenvalue weighted by Crippen LogP contribution is -2.23. The maximum Gasteiger partial charge on any atom is 0.338 e. The van der Waals surface area contributed by atoms with Crippen LogP contribution >= 0.6 is 11.8 Å². The molecule has 1 aliphatic rings. The predicted molar refractivity (Wildman–Crippen MR) is 120 cm³/mol. The lowest BCUT2D eigenvalue weighted by Gasteiger charge is -2.09. The lowest BCUT2D eigenvalue weighted by atomic mass is 10.2. The molecule has 0 radical (unpaired) electrons. The van der Waals surface area contributed by atoms with Crippen LogP contribution in [-0.2, 0) is 9.53 Å². The molecule has 0 bridgehead atoms. The number of ether oxygens (including phenoxy) is 2. The molecule has 0 atom stereocenters. The maximum atomic E-state index is 12.7. The number of benzene rings is 2. The van der Waals surface area contributed by atoms with E-state index in [0.717, 1.165) is 11.3 Å². The van der Waals surface area contributed by atoms with Gasteiger partial charge in [0.2, 0.25) is 0 Å². The van der Waals surface area contributed by atoms with Crippen molar-refractivity contribution >= 4 is 40.6 Å². The Hall–Kier alpha value is -3.06. The van der Waals surface area contributed by atoms with Crippen LogP contribution in [0.25, 0.3) is 6.08 Å². The van der Waals surface area contributed by atoms with E-state index in [2.05, 4.69) is 4.99 Å². The first kappa shape index (κ1) is 21.6. The van der Waals surface area contributed by atoms with Crippen LogP contribution in [0.15, 0.2) is 58.4 Å². The van der Waals surface area contributed by atoms with Crippen molar-refractivity contribution < 1.29 is 19.1 Å². The lowest BCUT2D eigenvalue weighted by molar-refractivity contribution is -0.121. The molecule has 0 aliphatic carbocycles. The van der Waals surface area contributed by atoms with Crippen LogP contribution < -0.4 is 4.74 Å². The van der Waals surface area contributed by atoms with Gasteiger partial charge in [-0.1, -0.05) is 12.1 Å². The zero-order valence-electron chi connectivity index (χ0n) is 17.4. The van der Waals surface area contributed by atoms with E-state index in [9.17, 15) is 9.59 Å². The monoisotopic (exact) mass is 424 g/mol. The van der Waals surface area contributed by atoms with Crippen LogP contribution in [0, 0.1) is 0 Å². The molecular formula is C23H24N2O4S. The van der Waals surface area contributed by atoms with Gasteiger partial charge in [-0.2, -0.15) is 0 Å². The Morgan fingerprint density at radius 1 is 1.20 bits per heavy atom. The van der Waals surface area contributed by atoms with Gasteiger partial charge >= 0.3 is 5.97 Å². The molecule has 0 aromatic heterocycles. The highest BCUT2D eigenvalue weighted by atomic mass is 32.2. The Bertz CT molecular complexity index is 997. The number of hydrogen-bond donors (Lipinski definition) is 0. The van der Waals surface area contributed by atoms with E-state index in [1.807, 2.05) is 44.2 Å². The fourth-order valence-electron chi connectivity index (χ4n) is 2.75. The summed E-state index contributed by atoms with van der Waals surface area (Å²) in [6, 6.07) is 14.4. The highest BCUT2D eigenvalue weighted by Crippen LogP contribution is 2.33. The van der Waals surface area contributed by atoms with Crippen LogP contribution in [0.3, 0.4) is 0 Å². The van der Waals surface area contributed by atoms with Crippen molar-refractivity contribution in [3.8, 4) is 5.75 Å². The van der Waals surface area contributed by atoms with Gasteiger partial charge < -0.3 is 9.47 Å². The van der Waals surface area contributed by atoms with Crippen molar-refractivity contribution in [2.75, 3.05) is 13.7 Å². The first-order valence-corrected chi connectivity index (χ1v) is 10.5. The predicted octanol–water partition coefficient (Wildman–Crippen LogP) is 4.88. The topological polar surface area (TPSA) is 68.2 Å². The second-order valence-electron chi connectivity index (χ2n) is 6.88. The van der Waals surface area contributed by atoms with Gasteiger partial charge in [0.05, 0.1) is 28.9 Å². The fourth-order valence-corrected chi connectivity index (χ4v) is 3.74. The van der Waals surface area contributed by atoms with Gasteiger partial charge in [-0.05, 0) is 80.6 Å². The number of esters is 1. The minimum Gasteiger partial charge on any atom is -0.491 e. The molecule has 0 N–H and O–H groups in total. The Balaban J connectivity index is 1.79. The van der Waals surface area contributed by atoms with Crippen molar-refractivity contribution in [2.45, 2.75) is 26.9 Å². The molecule has 1 aliphatic heterocycles. The summed E-state index contributed by atoms with van der Waals surface area (Å²) in [5, 5.41) is 0.574. The summed E-state index contributed by atoms with van der Waals surface area (Å²) in [6.07, 6.45) is 1.92. The van der Waals surface area contributed by atoms with Crippen molar-refractivity contribution in [1.29, 1.82) is 0 Å². The summed E-state index contributed by atoms with van der Waals surface area (Å²) in [5.74, 6) is 0.281. The zero-order chi connectivity index (χ0) is 21.7. The molecule has 6 nitrogen and oxygen atoms in total. The molecule has 0 spiro atoms. The SMILES string of the molecule is CCOC(=O)c1ccc(N=C2S/C(=C\c3cccc(OC(C)C)c3)C(=O)N2C)cc1. The van der Waals surface area contributed by atoms with E-state index in [-0.39, 0.29) is 18.0 Å². The van der Waals surface area contributed by atoms with Crippen molar-refractivity contribution in [3.05, 3.63) is 64.6 Å². The highest BCUT2D eigenvalue weighted by Gasteiger charge is 2.30. The van der Waals surface area contributed by atoms with Gasteiger partial charge in [0, 0.05) is 7.05 Å². The molecule has 2 aromatic rings. The van der Waals surface area contributed by atoms with Gasteiger partial charge in [0.15, 0.2) is 5.17 Å². The molecule has 1 amide bonds. The van der Waals surface area contributed by atoms with Crippen molar-refractivity contribution in [1.82, 2.24) is 4.90 Å². The normalized spacial score (nSPS) is 16.6. The van der Waals surface area contributed by atoms with Gasteiger partial charge in [-0.25, -0.2) is 9.79 Å². The summed E-state index contributed by atoms with van der Waals surface area (Å²) < 4.78 is 10.7. The standard InChI is InChI=1S/C23H24N2O4S/c1-5-28-22(27)17-9-11-18(12-10-17)24-23-25(4)21(26)20(30-23)14-16-7-6-8-19(13-16)29-15(2)3/h6-15H,5H2,1-4H3/b20-14-,24-23?. The van der Waals surface area contributed by atoms with Crippen LogP contribution in [0.2, 0.25) is 0 Å². The Labute approximate surface area is 180 Å². The average molecular weight is 425 g/mol. The molecule has 7 heteroatoms. The summed E-state index contributed by atoms with van der Waals surface area (Å²) >= 11 is 1.31. The molecule has 0 saturated carbocycles. The number of amidine groups is 1. The van der Waals surface area contributed by atoms with Gasteiger partial charge in [-0.15, -0.1) is 0 Å².